The van der Waals surface area contributed by atoms with Crippen molar-refractivity contribution < 1.29 is 9.18 Å². The molecule has 0 saturated carbocycles. The van der Waals surface area contributed by atoms with Gasteiger partial charge >= 0.3 is 0 Å². The molecule has 1 aromatic rings. The van der Waals surface area contributed by atoms with Crippen molar-refractivity contribution in [2.45, 2.75) is 6.04 Å². The van der Waals surface area contributed by atoms with Gasteiger partial charge in [-0.05, 0) is 18.2 Å². The number of carbonyl (C=O) groups excluding carboxylic acids is 1. The summed E-state index contributed by atoms with van der Waals surface area (Å²) < 4.78 is 12.8. The van der Waals surface area contributed by atoms with Crippen LogP contribution in [-0.2, 0) is 4.79 Å². The smallest absolute Gasteiger partial charge is 0.242 e. The molecule has 1 aliphatic rings. The van der Waals surface area contributed by atoms with E-state index < -0.39 is 5.82 Å². The fourth-order valence-corrected chi connectivity index (χ4v) is 2.69. The Kier molecular flexibility index (Phi) is 4.25. The van der Waals surface area contributed by atoms with Crippen LogP contribution in [0.5, 0.6) is 0 Å². The van der Waals surface area contributed by atoms with E-state index in [1.807, 2.05) is 0 Å². The first kappa shape index (κ1) is 12.7. The van der Waals surface area contributed by atoms with Gasteiger partial charge in [-0.25, -0.2) is 4.39 Å². The van der Waals surface area contributed by atoms with Crippen molar-refractivity contribution in [3.63, 3.8) is 0 Å². The van der Waals surface area contributed by atoms with Crippen LogP contribution in [0.2, 0.25) is 5.02 Å². The van der Waals surface area contributed by atoms with Crippen LogP contribution in [0.25, 0.3) is 0 Å². The number of amides is 1. The lowest BCUT2D eigenvalue weighted by Gasteiger charge is -2.22. The van der Waals surface area contributed by atoms with Gasteiger partial charge in [0.05, 0.1) is 16.8 Å². The molecule has 3 nitrogen and oxygen atoms in total. The number of benzene rings is 1. The van der Waals surface area contributed by atoms with Crippen LogP contribution >= 0.6 is 23.4 Å². The van der Waals surface area contributed by atoms with E-state index in [0.717, 1.165) is 18.1 Å². The SMILES string of the molecule is O=C(Nc1ccc(F)cc1Cl)C1CSCCN1. The van der Waals surface area contributed by atoms with Gasteiger partial charge in [0.15, 0.2) is 0 Å². The number of thioether (sulfide) groups is 1. The van der Waals surface area contributed by atoms with E-state index in [2.05, 4.69) is 10.6 Å². The number of rotatable bonds is 2. The average molecular weight is 275 g/mol. The molecule has 2 rings (SSSR count). The summed E-state index contributed by atoms with van der Waals surface area (Å²) in [4.78, 5) is 11.9. The Morgan fingerprint density at radius 3 is 3.06 bits per heavy atom. The van der Waals surface area contributed by atoms with Crippen LogP contribution in [-0.4, -0.2) is 30.0 Å². The standard InChI is InChI=1S/C11H12ClFN2OS/c12-8-5-7(13)1-2-9(8)15-11(16)10-6-17-4-3-14-10/h1-2,5,10,14H,3-4,6H2,(H,15,16). The quantitative estimate of drug-likeness (QED) is 0.868. The molecule has 92 valence electrons. The Labute approximate surface area is 108 Å². The Morgan fingerprint density at radius 1 is 1.59 bits per heavy atom. The van der Waals surface area contributed by atoms with Gasteiger partial charge < -0.3 is 10.6 Å². The van der Waals surface area contributed by atoms with E-state index >= 15 is 0 Å². The highest BCUT2D eigenvalue weighted by atomic mass is 35.5. The van der Waals surface area contributed by atoms with Crippen LogP contribution in [0.1, 0.15) is 0 Å². The molecule has 0 aliphatic carbocycles. The second-order valence-electron chi connectivity index (χ2n) is 3.70. The van der Waals surface area contributed by atoms with E-state index in [1.165, 1.54) is 18.2 Å². The van der Waals surface area contributed by atoms with Crippen molar-refractivity contribution in [1.29, 1.82) is 0 Å². The zero-order valence-electron chi connectivity index (χ0n) is 9.00. The molecule has 1 unspecified atom stereocenters. The normalized spacial score (nSPS) is 20.0. The Balaban J connectivity index is 2.02. The van der Waals surface area contributed by atoms with Crippen LogP contribution in [0.3, 0.4) is 0 Å². The monoisotopic (exact) mass is 274 g/mol. The molecular formula is C11H12ClFN2OS. The summed E-state index contributed by atoms with van der Waals surface area (Å²) in [6.07, 6.45) is 0. The first-order chi connectivity index (χ1) is 8.16. The number of halogens is 2. The molecule has 2 N–H and O–H groups in total. The summed E-state index contributed by atoms with van der Waals surface area (Å²) in [6, 6.07) is 3.70. The number of nitrogens with one attached hydrogen (secondary N) is 2. The molecule has 1 amide bonds. The minimum atomic E-state index is -0.417. The first-order valence-electron chi connectivity index (χ1n) is 5.24. The molecule has 17 heavy (non-hydrogen) atoms. The number of anilines is 1. The summed E-state index contributed by atoms with van der Waals surface area (Å²) in [6.45, 7) is 0.819. The van der Waals surface area contributed by atoms with Crippen molar-refractivity contribution in [3.05, 3.63) is 29.0 Å². The lowest BCUT2D eigenvalue weighted by molar-refractivity contribution is -0.117. The average Bonchev–Trinajstić information content (AvgIpc) is 2.34. The van der Waals surface area contributed by atoms with Gasteiger partial charge in [0.2, 0.25) is 5.91 Å². The maximum Gasteiger partial charge on any atom is 0.242 e. The maximum absolute atomic E-state index is 12.8. The Bertz CT molecular complexity index is 424. The zero-order chi connectivity index (χ0) is 12.3. The molecule has 1 aliphatic heterocycles. The summed E-state index contributed by atoms with van der Waals surface area (Å²) >= 11 is 7.56. The number of hydrogen-bond acceptors (Lipinski definition) is 3. The van der Waals surface area contributed by atoms with Crippen LogP contribution in [0.4, 0.5) is 10.1 Å². The van der Waals surface area contributed by atoms with E-state index in [-0.39, 0.29) is 17.0 Å². The van der Waals surface area contributed by atoms with Crippen LogP contribution in [0, 0.1) is 5.82 Å². The second-order valence-corrected chi connectivity index (χ2v) is 5.25. The minimum absolute atomic E-state index is 0.134. The molecule has 0 aromatic heterocycles. The third kappa shape index (κ3) is 3.34. The molecule has 0 spiro atoms. The molecule has 0 radical (unpaired) electrons. The number of carbonyl (C=O) groups is 1. The molecule has 1 fully saturated rings. The minimum Gasteiger partial charge on any atom is -0.323 e. The lowest BCUT2D eigenvalue weighted by Crippen LogP contribution is -2.46. The Morgan fingerprint density at radius 2 is 2.41 bits per heavy atom. The molecular weight excluding hydrogens is 263 g/mol. The van der Waals surface area contributed by atoms with Gasteiger partial charge in [0.1, 0.15) is 5.82 Å². The zero-order valence-corrected chi connectivity index (χ0v) is 10.6. The highest BCUT2D eigenvalue weighted by Gasteiger charge is 2.21. The fraction of sp³-hybridized carbons (Fsp3) is 0.364. The predicted molar refractivity (Wildman–Crippen MR) is 69.2 cm³/mol. The molecule has 6 heteroatoms. The summed E-state index contributed by atoms with van der Waals surface area (Å²) in [5.74, 6) is 1.20. The third-order valence-corrected chi connectivity index (χ3v) is 3.80. The van der Waals surface area contributed by atoms with Crippen LogP contribution < -0.4 is 10.6 Å². The van der Waals surface area contributed by atoms with Gasteiger partial charge in [-0.3, -0.25) is 4.79 Å². The maximum atomic E-state index is 12.8. The topological polar surface area (TPSA) is 41.1 Å². The Hall–Kier alpha value is -0.780. The highest BCUT2D eigenvalue weighted by molar-refractivity contribution is 7.99. The van der Waals surface area contributed by atoms with Gasteiger partial charge in [-0.1, -0.05) is 11.6 Å². The first-order valence-corrected chi connectivity index (χ1v) is 6.77. The lowest BCUT2D eigenvalue weighted by atomic mass is 10.2. The van der Waals surface area contributed by atoms with Crippen LogP contribution in [0.15, 0.2) is 18.2 Å². The van der Waals surface area contributed by atoms with Gasteiger partial charge in [-0.15, -0.1) is 0 Å². The van der Waals surface area contributed by atoms with Gasteiger partial charge in [-0.2, -0.15) is 11.8 Å². The molecule has 1 heterocycles. The molecule has 0 bridgehead atoms. The largest absolute Gasteiger partial charge is 0.323 e. The van der Waals surface area contributed by atoms with Crippen molar-refractivity contribution in [2.75, 3.05) is 23.4 Å². The second kappa shape index (κ2) is 5.71. The van der Waals surface area contributed by atoms with E-state index in [4.69, 9.17) is 11.6 Å². The van der Waals surface area contributed by atoms with Crippen molar-refractivity contribution in [3.8, 4) is 0 Å². The predicted octanol–water partition coefficient (Wildman–Crippen LogP) is 2.12. The summed E-state index contributed by atoms with van der Waals surface area (Å²) in [5.41, 5.74) is 0.440. The summed E-state index contributed by atoms with van der Waals surface area (Å²) in [5, 5.41) is 6.02. The third-order valence-electron chi connectivity index (χ3n) is 2.43. The van der Waals surface area contributed by atoms with Crippen molar-refractivity contribution in [1.82, 2.24) is 5.32 Å². The van der Waals surface area contributed by atoms with Gasteiger partial charge in [0.25, 0.3) is 0 Å². The number of hydrogen-bond donors (Lipinski definition) is 2. The molecule has 1 aromatic carbocycles. The molecule has 1 saturated heterocycles. The van der Waals surface area contributed by atoms with Gasteiger partial charge in [0, 0.05) is 18.1 Å². The van der Waals surface area contributed by atoms with Crippen molar-refractivity contribution in [2.24, 2.45) is 0 Å². The summed E-state index contributed by atoms with van der Waals surface area (Å²) in [7, 11) is 0. The fourth-order valence-electron chi connectivity index (χ4n) is 1.54. The molecule has 1 atom stereocenters. The van der Waals surface area contributed by atoms with E-state index in [0.29, 0.717) is 5.69 Å². The van der Waals surface area contributed by atoms with E-state index in [9.17, 15) is 9.18 Å². The highest BCUT2D eigenvalue weighted by Crippen LogP contribution is 2.22. The van der Waals surface area contributed by atoms with E-state index in [1.54, 1.807) is 11.8 Å². The van der Waals surface area contributed by atoms with Crippen molar-refractivity contribution >= 4 is 35.0 Å².